The smallest absolute Gasteiger partial charge is 0.356 e. The number of hydrogen-bond donors (Lipinski definition) is 0. The Bertz CT molecular complexity index is 652. The minimum absolute atomic E-state index is 0.395. The predicted molar refractivity (Wildman–Crippen MR) is 78.3 cm³/mol. The van der Waals surface area contributed by atoms with Gasteiger partial charge in [-0.2, -0.15) is 5.10 Å². The van der Waals surface area contributed by atoms with Gasteiger partial charge in [0.1, 0.15) is 0 Å². The van der Waals surface area contributed by atoms with Gasteiger partial charge >= 0.3 is 5.97 Å². The van der Waals surface area contributed by atoms with Crippen LogP contribution in [0.4, 0.5) is 0 Å². The van der Waals surface area contributed by atoms with E-state index < -0.39 is 5.97 Å². The molecule has 1 aliphatic heterocycles. The van der Waals surface area contributed by atoms with Crippen molar-refractivity contribution in [3.8, 4) is 0 Å². The Kier molecular flexibility index (Phi) is 3.88. The molecular formula is C15H20N4O2. The maximum absolute atomic E-state index is 11.8. The third-order valence-corrected chi connectivity index (χ3v) is 4.12. The number of hydrogen-bond acceptors (Lipinski definition) is 5. The van der Waals surface area contributed by atoms with Crippen LogP contribution in [0.3, 0.4) is 0 Å². The van der Waals surface area contributed by atoms with Crippen molar-refractivity contribution in [3.63, 3.8) is 0 Å². The number of ether oxygens (including phenoxy) is 1. The molecule has 6 nitrogen and oxygen atoms in total. The number of nitrogens with zero attached hydrogens (tertiary/aromatic N) is 4. The Labute approximate surface area is 123 Å². The first kappa shape index (κ1) is 14.0. The summed E-state index contributed by atoms with van der Waals surface area (Å²) in [6, 6.07) is 5.86. The number of carbonyl (C=O) groups is 1. The number of aromatic nitrogens is 3. The molecule has 0 N–H and O–H groups in total. The Hall–Kier alpha value is -1.95. The maximum atomic E-state index is 11.8. The lowest BCUT2D eigenvalue weighted by Crippen LogP contribution is -2.31. The third kappa shape index (κ3) is 2.63. The summed E-state index contributed by atoms with van der Waals surface area (Å²) >= 11 is 0. The second-order valence-electron chi connectivity index (χ2n) is 5.33. The molecule has 1 atom stereocenters. The van der Waals surface area contributed by atoms with E-state index in [1.165, 1.54) is 20.0 Å². The van der Waals surface area contributed by atoms with Crippen LogP contribution in [0.5, 0.6) is 0 Å². The molecule has 0 aliphatic carbocycles. The zero-order valence-electron chi connectivity index (χ0n) is 12.5. The zero-order valence-corrected chi connectivity index (χ0v) is 12.5. The average molecular weight is 288 g/mol. The third-order valence-electron chi connectivity index (χ3n) is 4.12. The second kappa shape index (κ2) is 5.81. The van der Waals surface area contributed by atoms with Gasteiger partial charge in [0, 0.05) is 12.5 Å². The SMILES string of the molecule is CCN1CCCC1Cc1nc2cccc(C(=O)OC)n2n1. The Morgan fingerprint density at radius 1 is 1.48 bits per heavy atom. The summed E-state index contributed by atoms with van der Waals surface area (Å²) in [6.45, 7) is 4.40. The maximum Gasteiger partial charge on any atom is 0.356 e. The fraction of sp³-hybridized carbons (Fsp3) is 0.533. The Balaban J connectivity index is 1.89. The molecule has 6 heteroatoms. The van der Waals surface area contributed by atoms with Crippen LogP contribution in [0.2, 0.25) is 0 Å². The monoisotopic (exact) mass is 288 g/mol. The highest BCUT2D eigenvalue weighted by molar-refractivity contribution is 5.88. The van der Waals surface area contributed by atoms with Gasteiger partial charge in [-0.3, -0.25) is 0 Å². The highest BCUT2D eigenvalue weighted by Gasteiger charge is 2.25. The summed E-state index contributed by atoms with van der Waals surface area (Å²) in [4.78, 5) is 18.8. The Morgan fingerprint density at radius 2 is 2.33 bits per heavy atom. The van der Waals surface area contributed by atoms with Crippen molar-refractivity contribution in [1.29, 1.82) is 0 Å². The first-order chi connectivity index (χ1) is 10.2. The van der Waals surface area contributed by atoms with E-state index in [4.69, 9.17) is 4.74 Å². The average Bonchev–Trinajstić information content (AvgIpc) is 3.11. The van der Waals surface area contributed by atoms with Crippen molar-refractivity contribution in [1.82, 2.24) is 19.5 Å². The van der Waals surface area contributed by atoms with Gasteiger partial charge in [0.05, 0.1) is 7.11 Å². The highest BCUT2D eigenvalue weighted by Crippen LogP contribution is 2.20. The molecule has 0 radical (unpaired) electrons. The van der Waals surface area contributed by atoms with Crippen molar-refractivity contribution in [2.24, 2.45) is 0 Å². The molecular weight excluding hydrogens is 268 g/mol. The molecule has 0 spiro atoms. The van der Waals surface area contributed by atoms with E-state index in [0.717, 1.165) is 25.3 Å². The summed E-state index contributed by atoms with van der Waals surface area (Å²) < 4.78 is 6.36. The minimum Gasteiger partial charge on any atom is -0.464 e. The summed E-state index contributed by atoms with van der Waals surface area (Å²) in [5, 5.41) is 4.49. The fourth-order valence-electron chi connectivity index (χ4n) is 3.05. The lowest BCUT2D eigenvalue weighted by atomic mass is 10.1. The van der Waals surface area contributed by atoms with Gasteiger partial charge < -0.3 is 9.64 Å². The van der Waals surface area contributed by atoms with E-state index in [1.54, 1.807) is 16.6 Å². The van der Waals surface area contributed by atoms with Crippen LogP contribution in [0.15, 0.2) is 18.2 Å². The van der Waals surface area contributed by atoms with Crippen molar-refractivity contribution in [3.05, 3.63) is 29.7 Å². The van der Waals surface area contributed by atoms with Gasteiger partial charge in [-0.1, -0.05) is 13.0 Å². The molecule has 1 aliphatic rings. The molecule has 3 heterocycles. The number of methoxy groups -OCH3 is 1. The van der Waals surface area contributed by atoms with E-state index in [0.29, 0.717) is 17.4 Å². The molecule has 1 fully saturated rings. The van der Waals surface area contributed by atoms with E-state index >= 15 is 0 Å². The molecule has 1 unspecified atom stereocenters. The van der Waals surface area contributed by atoms with Crippen LogP contribution in [0.25, 0.3) is 5.65 Å². The number of fused-ring (bicyclic) bond motifs is 1. The number of rotatable bonds is 4. The summed E-state index contributed by atoms with van der Waals surface area (Å²) in [5.74, 6) is 0.393. The van der Waals surface area contributed by atoms with Crippen molar-refractivity contribution >= 4 is 11.6 Å². The standard InChI is InChI=1S/C15H20N4O2/c1-3-18-9-5-6-11(18)10-13-16-14-8-4-7-12(15(20)21-2)19(14)17-13/h4,7-8,11H,3,5-6,9-10H2,1-2H3. The minimum atomic E-state index is -0.395. The lowest BCUT2D eigenvalue weighted by molar-refractivity contribution is 0.0591. The molecule has 3 rings (SSSR count). The van der Waals surface area contributed by atoms with Gasteiger partial charge in [-0.15, -0.1) is 0 Å². The van der Waals surface area contributed by atoms with E-state index in [1.807, 2.05) is 6.07 Å². The molecule has 112 valence electrons. The van der Waals surface area contributed by atoms with Gasteiger partial charge in [0.2, 0.25) is 0 Å². The van der Waals surface area contributed by atoms with E-state index in [9.17, 15) is 4.79 Å². The van der Waals surface area contributed by atoms with Crippen LogP contribution >= 0.6 is 0 Å². The van der Waals surface area contributed by atoms with Crippen LogP contribution in [-0.2, 0) is 11.2 Å². The van der Waals surface area contributed by atoms with E-state index in [2.05, 4.69) is 21.9 Å². The molecule has 0 saturated carbocycles. The molecule has 0 aromatic carbocycles. The molecule has 0 bridgehead atoms. The van der Waals surface area contributed by atoms with Gasteiger partial charge in [0.25, 0.3) is 0 Å². The fourth-order valence-corrected chi connectivity index (χ4v) is 3.05. The van der Waals surface area contributed by atoms with Crippen LogP contribution in [0, 0.1) is 0 Å². The summed E-state index contributed by atoms with van der Waals surface area (Å²) in [6.07, 6.45) is 3.25. The second-order valence-corrected chi connectivity index (χ2v) is 5.33. The number of carbonyl (C=O) groups excluding carboxylic acids is 1. The topological polar surface area (TPSA) is 59.7 Å². The van der Waals surface area contributed by atoms with E-state index in [-0.39, 0.29) is 0 Å². The number of pyridine rings is 1. The number of likely N-dealkylation sites (N-methyl/N-ethyl adjacent to an activating group) is 1. The molecule has 21 heavy (non-hydrogen) atoms. The largest absolute Gasteiger partial charge is 0.464 e. The predicted octanol–water partition coefficient (Wildman–Crippen LogP) is 1.54. The molecule has 2 aromatic rings. The van der Waals surface area contributed by atoms with Gasteiger partial charge in [-0.05, 0) is 38.1 Å². The van der Waals surface area contributed by atoms with Crippen molar-refractivity contribution in [2.45, 2.75) is 32.2 Å². The lowest BCUT2D eigenvalue weighted by Gasteiger charge is -2.21. The zero-order chi connectivity index (χ0) is 14.8. The quantitative estimate of drug-likeness (QED) is 0.799. The highest BCUT2D eigenvalue weighted by atomic mass is 16.5. The number of likely N-dealkylation sites (tertiary alicyclic amines) is 1. The first-order valence-electron chi connectivity index (χ1n) is 7.40. The van der Waals surface area contributed by atoms with Gasteiger partial charge in [-0.25, -0.2) is 14.3 Å². The molecule has 0 amide bonds. The summed E-state index contributed by atoms with van der Waals surface area (Å²) in [7, 11) is 1.37. The molecule has 1 saturated heterocycles. The molecule has 2 aromatic heterocycles. The van der Waals surface area contributed by atoms with Crippen LogP contribution in [-0.4, -0.2) is 51.7 Å². The van der Waals surface area contributed by atoms with Crippen LogP contribution in [0.1, 0.15) is 36.1 Å². The Morgan fingerprint density at radius 3 is 3.10 bits per heavy atom. The van der Waals surface area contributed by atoms with Gasteiger partial charge in [0.15, 0.2) is 17.2 Å². The summed E-state index contributed by atoms with van der Waals surface area (Å²) in [5.41, 5.74) is 1.10. The number of esters is 1. The van der Waals surface area contributed by atoms with Crippen LogP contribution < -0.4 is 0 Å². The van der Waals surface area contributed by atoms with Crippen molar-refractivity contribution in [2.75, 3.05) is 20.2 Å². The van der Waals surface area contributed by atoms with Crippen molar-refractivity contribution < 1.29 is 9.53 Å². The normalized spacial score (nSPS) is 19.2. The first-order valence-corrected chi connectivity index (χ1v) is 7.40.